The summed E-state index contributed by atoms with van der Waals surface area (Å²) in [5.41, 5.74) is 0. The molecular formula is C12H15BrN4S. The van der Waals surface area contributed by atoms with Gasteiger partial charge in [-0.3, -0.25) is 0 Å². The fourth-order valence-corrected chi connectivity index (χ4v) is 2.37. The van der Waals surface area contributed by atoms with E-state index in [1.54, 1.807) is 17.5 Å². The summed E-state index contributed by atoms with van der Waals surface area (Å²) in [6.45, 7) is 3.77. The molecule has 2 aromatic rings. The van der Waals surface area contributed by atoms with Gasteiger partial charge in [-0.2, -0.15) is 4.98 Å². The van der Waals surface area contributed by atoms with Crippen LogP contribution in [0.15, 0.2) is 28.2 Å². The molecule has 2 N–H and O–H groups in total. The van der Waals surface area contributed by atoms with Gasteiger partial charge in [0.1, 0.15) is 5.82 Å². The van der Waals surface area contributed by atoms with Crippen molar-refractivity contribution in [1.29, 1.82) is 0 Å². The van der Waals surface area contributed by atoms with Gasteiger partial charge in [-0.1, -0.05) is 13.0 Å². The lowest BCUT2D eigenvalue weighted by atomic mass is 10.4. The largest absolute Gasteiger partial charge is 0.364 e. The number of anilines is 2. The minimum Gasteiger partial charge on any atom is -0.364 e. The smallest absolute Gasteiger partial charge is 0.224 e. The van der Waals surface area contributed by atoms with Gasteiger partial charge in [0.15, 0.2) is 0 Å². The van der Waals surface area contributed by atoms with Gasteiger partial charge < -0.3 is 10.6 Å². The Kier molecular flexibility index (Phi) is 4.95. The molecule has 0 bridgehead atoms. The Hall–Kier alpha value is -1.14. The summed E-state index contributed by atoms with van der Waals surface area (Å²) in [7, 11) is 0. The van der Waals surface area contributed by atoms with E-state index in [9.17, 15) is 0 Å². The molecule has 0 aliphatic rings. The molecule has 0 radical (unpaired) electrons. The molecule has 6 heteroatoms. The fraction of sp³-hybridized carbons (Fsp3) is 0.333. The number of aromatic nitrogens is 2. The quantitative estimate of drug-likeness (QED) is 0.849. The predicted octanol–water partition coefficient (Wildman–Crippen LogP) is 3.73. The Labute approximate surface area is 119 Å². The van der Waals surface area contributed by atoms with Crippen molar-refractivity contribution < 1.29 is 0 Å². The molecule has 0 aromatic carbocycles. The first-order chi connectivity index (χ1) is 8.79. The summed E-state index contributed by atoms with van der Waals surface area (Å²) in [4.78, 5) is 9.93. The first kappa shape index (κ1) is 13.3. The molecule has 2 heterocycles. The summed E-state index contributed by atoms with van der Waals surface area (Å²) < 4.78 is 0.876. The van der Waals surface area contributed by atoms with Gasteiger partial charge in [0, 0.05) is 17.6 Å². The van der Waals surface area contributed by atoms with Crippen LogP contribution in [0.4, 0.5) is 11.8 Å². The Morgan fingerprint density at radius 1 is 1.39 bits per heavy atom. The molecule has 0 atom stereocenters. The molecule has 0 spiro atoms. The number of halogens is 1. The molecule has 0 saturated carbocycles. The lowest BCUT2D eigenvalue weighted by molar-refractivity contribution is 0.949. The van der Waals surface area contributed by atoms with Crippen molar-refractivity contribution in [3.63, 3.8) is 0 Å². The van der Waals surface area contributed by atoms with E-state index in [1.807, 2.05) is 6.07 Å². The summed E-state index contributed by atoms with van der Waals surface area (Å²) in [6.07, 6.45) is 2.82. The maximum Gasteiger partial charge on any atom is 0.224 e. The van der Waals surface area contributed by atoms with Crippen LogP contribution in [0.25, 0.3) is 0 Å². The SMILES string of the molecule is CCCNc1ncc(Br)c(NCc2cccs2)n1. The first-order valence-electron chi connectivity index (χ1n) is 5.82. The van der Waals surface area contributed by atoms with Gasteiger partial charge in [-0.15, -0.1) is 11.3 Å². The monoisotopic (exact) mass is 326 g/mol. The second-order valence-corrected chi connectivity index (χ2v) is 5.64. The maximum atomic E-state index is 4.43. The van der Waals surface area contributed by atoms with Gasteiger partial charge >= 0.3 is 0 Å². The molecule has 0 amide bonds. The van der Waals surface area contributed by atoms with Crippen molar-refractivity contribution >= 4 is 39.0 Å². The molecular weight excluding hydrogens is 312 g/mol. The first-order valence-corrected chi connectivity index (χ1v) is 7.49. The van der Waals surface area contributed by atoms with Crippen molar-refractivity contribution in [1.82, 2.24) is 9.97 Å². The highest BCUT2D eigenvalue weighted by Gasteiger charge is 2.04. The molecule has 4 nitrogen and oxygen atoms in total. The molecule has 96 valence electrons. The third-order valence-corrected chi connectivity index (χ3v) is 3.74. The van der Waals surface area contributed by atoms with Gasteiger partial charge in [0.2, 0.25) is 5.95 Å². The van der Waals surface area contributed by atoms with Crippen molar-refractivity contribution in [2.24, 2.45) is 0 Å². The lowest BCUT2D eigenvalue weighted by Crippen LogP contribution is -2.07. The number of thiophene rings is 1. The zero-order valence-corrected chi connectivity index (χ0v) is 12.5. The minimum atomic E-state index is 0.661. The highest BCUT2D eigenvalue weighted by atomic mass is 79.9. The average Bonchev–Trinajstić information content (AvgIpc) is 2.89. The third-order valence-electron chi connectivity index (χ3n) is 2.29. The molecule has 2 aromatic heterocycles. The molecule has 0 saturated heterocycles. The molecule has 2 rings (SSSR count). The van der Waals surface area contributed by atoms with E-state index in [1.165, 1.54) is 4.88 Å². The standard InChI is InChI=1S/C12H15BrN4S/c1-2-5-14-12-16-8-10(13)11(17-12)15-7-9-4-3-6-18-9/h3-4,6,8H,2,5,7H2,1H3,(H2,14,15,16,17). The minimum absolute atomic E-state index is 0.661. The number of nitrogens with zero attached hydrogens (tertiary/aromatic N) is 2. The van der Waals surface area contributed by atoms with E-state index in [0.717, 1.165) is 29.8 Å². The van der Waals surface area contributed by atoms with Crippen LogP contribution in [0.5, 0.6) is 0 Å². The fourth-order valence-electron chi connectivity index (χ4n) is 1.40. The van der Waals surface area contributed by atoms with Crippen LogP contribution in [-0.2, 0) is 6.54 Å². The highest BCUT2D eigenvalue weighted by Crippen LogP contribution is 2.21. The Bertz CT molecular complexity index is 487. The van der Waals surface area contributed by atoms with Gasteiger partial charge in [-0.05, 0) is 33.8 Å². The van der Waals surface area contributed by atoms with Crippen LogP contribution in [0.1, 0.15) is 18.2 Å². The van der Waals surface area contributed by atoms with Crippen LogP contribution >= 0.6 is 27.3 Å². The zero-order valence-electron chi connectivity index (χ0n) is 10.1. The number of hydrogen-bond donors (Lipinski definition) is 2. The summed E-state index contributed by atoms with van der Waals surface area (Å²) >= 11 is 5.18. The maximum absolute atomic E-state index is 4.43. The van der Waals surface area contributed by atoms with E-state index in [4.69, 9.17) is 0 Å². The van der Waals surface area contributed by atoms with E-state index in [2.05, 4.69) is 54.9 Å². The molecule has 0 fully saturated rings. The Balaban J connectivity index is 2.01. The van der Waals surface area contributed by atoms with E-state index >= 15 is 0 Å². The molecule has 0 aliphatic carbocycles. The number of rotatable bonds is 6. The summed E-state index contributed by atoms with van der Waals surface area (Å²) in [5.74, 6) is 1.48. The zero-order chi connectivity index (χ0) is 12.8. The highest BCUT2D eigenvalue weighted by molar-refractivity contribution is 9.10. The molecule has 18 heavy (non-hydrogen) atoms. The van der Waals surface area contributed by atoms with Crippen LogP contribution in [0, 0.1) is 0 Å². The van der Waals surface area contributed by atoms with E-state index < -0.39 is 0 Å². The van der Waals surface area contributed by atoms with E-state index in [-0.39, 0.29) is 0 Å². The van der Waals surface area contributed by atoms with Crippen LogP contribution in [0.3, 0.4) is 0 Å². The molecule has 0 unspecified atom stereocenters. The number of hydrogen-bond acceptors (Lipinski definition) is 5. The van der Waals surface area contributed by atoms with Crippen molar-refractivity contribution in [3.8, 4) is 0 Å². The summed E-state index contributed by atoms with van der Waals surface area (Å²) in [6, 6.07) is 4.15. The predicted molar refractivity (Wildman–Crippen MR) is 80.2 cm³/mol. The summed E-state index contributed by atoms with van der Waals surface area (Å²) in [5, 5.41) is 8.55. The average molecular weight is 327 g/mol. The van der Waals surface area contributed by atoms with Crippen LogP contribution in [0.2, 0.25) is 0 Å². The second-order valence-electron chi connectivity index (χ2n) is 3.75. The lowest BCUT2D eigenvalue weighted by Gasteiger charge is -2.09. The van der Waals surface area contributed by atoms with Crippen molar-refractivity contribution in [3.05, 3.63) is 33.1 Å². The van der Waals surface area contributed by atoms with Crippen LogP contribution < -0.4 is 10.6 Å². The topological polar surface area (TPSA) is 49.8 Å². The Morgan fingerprint density at radius 3 is 3.00 bits per heavy atom. The van der Waals surface area contributed by atoms with Gasteiger partial charge in [-0.25, -0.2) is 4.98 Å². The van der Waals surface area contributed by atoms with Gasteiger partial charge in [0.25, 0.3) is 0 Å². The van der Waals surface area contributed by atoms with Crippen molar-refractivity contribution in [2.45, 2.75) is 19.9 Å². The van der Waals surface area contributed by atoms with Crippen molar-refractivity contribution in [2.75, 3.05) is 17.2 Å². The normalized spacial score (nSPS) is 10.3. The van der Waals surface area contributed by atoms with E-state index in [0.29, 0.717) is 5.95 Å². The van der Waals surface area contributed by atoms with Crippen LogP contribution in [-0.4, -0.2) is 16.5 Å². The second kappa shape index (κ2) is 6.70. The molecule has 0 aliphatic heterocycles. The Morgan fingerprint density at radius 2 is 2.28 bits per heavy atom. The number of nitrogens with one attached hydrogen (secondary N) is 2. The van der Waals surface area contributed by atoms with Gasteiger partial charge in [0.05, 0.1) is 11.0 Å². The third kappa shape index (κ3) is 3.68.